The van der Waals surface area contributed by atoms with Crippen molar-refractivity contribution in [3.05, 3.63) is 5.32 Å². The summed E-state index contributed by atoms with van der Waals surface area (Å²) in [6.07, 6.45) is 0. The van der Waals surface area contributed by atoms with E-state index in [0.29, 0.717) is 12.1 Å². The van der Waals surface area contributed by atoms with Crippen LogP contribution in [-0.4, -0.2) is 12.1 Å². The van der Waals surface area contributed by atoms with Crippen molar-refractivity contribution in [1.29, 1.82) is 0 Å². The zero-order valence-electron chi connectivity index (χ0n) is 7.01. The van der Waals surface area contributed by atoms with Gasteiger partial charge in [0.05, 0.1) is 0 Å². The van der Waals surface area contributed by atoms with Crippen molar-refractivity contribution in [3.63, 3.8) is 0 Å². The molecule has 0 fully saturated rings. The number of halogens is 1. The van der Waals surface area contributed by atoms with E-state index in [9.17, 15) is 0 Å². The van der Waals surface area contributed by atoms with Gasteiger partial charge >= 0.3 is 18.9 Å². The van der Waals surface area contributed by atoms with Crippen molar-refractivity contribution in [3.8, 4) is 0 Å². The van der Waals surface area contributed by atoms with E-state index >= 15 is 0 Å². The number of nitrogens with zero attached hydrogens (tertiary/aromatic N) is 1. The standard InChI is InChI=1S/C6H14N.HI.Li/c1-5(2)7-6(3)4;;/h5-6H,1-4H3;1H;/q-1;;+1. The third-order valence-electron chi connectivity index (χ3n) is 0.596. The van der Waals surface area contributed by atoms with Crippen molar-refractivity contribution in [1.82, 2.24) is 0 Å². The van der Waals surface area contributed by atoms with Gasteiger partial charge in [0.2, 0.25) is 0 Å². The van der Waals surface area contributed by atoms with E-state index in [2.05, 4.69) is 33.0 Å². The minimum absolute atomic E-state index is 0. The van der Waals surface area contributed by atoms with Gasteiger partial charge in [0.1, 0.15) is 0 Å². The van der Waals surface area contributed by atoms with Crippen LogP contribution in [0.3, 0.4) is 0 Å². The average molecular weight is 235 g/mol. The molecule has 0 spiro atoms. The SMILES string of the molecule is CC(C)[N-]C(C)C.I.[Li+]. The van der Waals surface area contributed by atoms with E-state index in [4.69, 9.17) is 0 Å². The number of rotatable bonds is 2. The van der Waals surface area contributed by atoms with E-state index in [0.717, 1.165) is 0 Å². The molecule has 9 heavy (non-hydrogen) atoms. The maximum absolute atomic E-state index is 4.28. The van der Waals surface area contributed by atoms with Crippen LogP contribution in [0.5, 0.6) is 0 Å². The minimum Gasteiger partial charge on any atom is -0.658 e. The average Bonchev–Trinajstić information content (AvgIpc) is 1.27. The Bertz CT molecular complexity index is 42.3. The monoisotopic (exact) mass is 235 g/mol. The van der Waals surface area contributed by atoms with Gasteiger partial charge in [-0.3, -0.25) is 0 Å². The topological polar surface area (TPSA) is 14.1 Å². The van der Waals surface area contributed by atoms with Gasteiger partial charge in [-0.05, 0) is 0 Å². The van der Waals surface area contributed by atoms with Crippen molar-refractivity contribution < 1.29 is 18.9 Å². The van der Waals surface area contributed by atoms with Gasteiger partial charge in [-0.1, -0.05) is 27.7 Å². The third-order valence-corrected chi connectivity index (χ3v) is 0.596. The van der Waals surface area contributed by atoms with E-state index in [1.807, 2.05) is 0 Å². The van der Waals surface area contributed by atoms with Crippen LogP contribution in [0, 0.1) is 0 Å². The molecule has 0 aliphatic rings. The molecule has 0 N–H and O–H groups in total. The molecule has 0 atom stereocenters. The van der Waals surface area contributed by atoms with Crippen LogP contribution in [0.2, 0.25) is 0 Å². The summed E-state index contributed by atoms with van der Waals surface area (Å²) in [5.74, 6) is 0. The molecule has 0 bridgehead atoms. The van der Waals surface area contributed by atoms with Crippen LogP contribution < -0.4 is 18.9 Å². The molecular formula is C6H15ILiN. The molecule has 0 aliphatic carbocycles. The molecule has 0 aliphatic heterocycles. The van der Waals surface area contributed by atoms with Crippen molar-refractivity contribution in [2.45, 2.75) is 39.8 Å². The number of hydrogen-bond donors (Lipinski definition) is 0. The summed E-state index contributed by atoms with van der Waals surface area (Å²) < 4.78 is 0. The zero-order chi connectivity index (χ0) is 5.86. The maximum atomic E-state index is 4.28. The maximum Gasteiger partial charge on any atom is 1.00 e. The molecule has 0 heterocycles. The van der Waals surface area contributed by atoms with Gasteiger partial charge < -0.3 is 5.32 Å². The molecule has 0 aromatic heterocycles. The number of hydrogen-bond acceptors (Lipinski definition) is 0. The summed E-state index contributed by atoms with van der Waals surface area (Å²) in [6, 6.07) is 1.000. The molecule has 0 saturated carbocycles. The van der Waals surface area contributed by atoms with Gasteiger partial charge in [-0.15, -0.1) is 36.1 Å². The van der Waals surface area contributed by atoms with Gasteiger partial charge in [0, 0.05) is 0 Å². The van der Waals surface area contributed by atoms with Crippen LogP contribution in [0.25, 0.3) is 5.32 Å². The predicted molar refractivity (Wildman–Crippen MR) is 49.0 cm³/mol. The molecule has 0 unspecified atom stereocenters. The summed E-state index contributed by atoms with van der Waals surface area (Å²) in [6.45, 7) is 8.39. The van der Waals surface area contributed by atoms with E-state index < -0.39 is 0 Å². The fourth-order valence-electron chi connectivity index (χ4n) is 0.596. The molecule has 0 saturated heterocycles. The molecular weight excluding hydrogens is 220 g/mol. The first-order chi connectivity index (χ1) is 3.13. The van der Waals surface area contributed by atoms with Gasteiger partial charge in [0.25, 0.3) is 0 Å². The first-order valence-corrected chi connectivity index (χ1v) is 2.83. The van der Waals surface area contributed by atoms with Crippen LogP contribution >= 0.6 is 24.0 Å². The molecule has 1 nitrogen and oxygen atoms in total. The molecule has 0 amide bonds. The van der Waals surface area contributed by atoms with Gasteiger partial charge in [-0.25, -0.2) is 0 Å². The van der Waals surface area contributed by atoms with Crippen LogP contribution in [-0.2, 0) is 0 Å². The molecule has 52 valence electrons. The van der Waals surface area contributed by atoms with Crippen molar-refractivity contribution in [2.24, 2.45) is 0 Å². The molecule has 0 aromatic carbocycles. The summed E-state index contributed by atoms with van der Waals surface area (Å²) in [4.78, 5) is 0. The Morgan fingerprint density at radius 2 is 1.11 bits per heavy atom. The smallest absolute Gasteiger partial charge is 0.658 e. The Balaban J connectivity index is -0.000000180. The molecule has 0 aromatic rings. The van der Waals surface area contributed by atoms with E-state index in [1.165, 1.54) is 0 Å². The second-order valence-corrected chi connectivity index (χ2v) is 2.34. The first kappa shape index (κ1) is 16.7. The second-order valence-electron chi connectivity index (χ2n) is 2.34. The molecule has 3 heteroatoms. The molecule has 0 radical (unpaired) electrons. The first-order valence-electron chi connectivity index (χ1n) is 2.83. The normalized spacial score (nSPS) is 8.67. The van der Waals surface area contributed by atoms with Crippen LogP contribution in [0.1, 0.15) is 27.7 Å². The van der Waals surface area contributed by atoms with E-state index in [-0.39, 0.29) is 42.8 Å². The quantitative estimate of drug-likeness (QED) is 0.465. The fraction of sp³-hybridized carbons (Fsp3) is 1.00. The van der Waals surface area contributed by atoms with Crippen LogP contribution in [0.4, 0.5) is 0 Å². The predicted octanol–water partition coefficient (Wildman–Crippen LogP) is -0.201. The third kappa shape index (κ3) is 17.6. The Kier molecular flexibility index (Phi) is 17.2. The Labute approximate surface area is 87.6 Å². The summed E-state index contributed by atoms with van der Waals surface area (Å²) in [7, 11) is 0. The van der Waals surface area contributed by atoms with Crippen molar-refractivity contribution in [2.75, 3.05) is 0 Å². The minimum atomic E-state index is 0. The zero-order valence-corrected chi connectivity index (χ0v) is 9.34. The largest absolute Gasteiger partial charge is 1.00 e. The second kappa shape index (κ2) is 9.29. The Morgan fingerprint density at radius 1 is 0.889 bits per heavy atom. The van der Waals surface area contributed by atoms with E-state index in [1.54, 1.807) is 0 Å². The van der Waals surface area contributed by atoms with Crippen molar-refractivity contribution >= 4 is 24.0 Å². The molecule has 0 rings (SSSR count). The van der Waals surface area contributed by atoms with Gasteiger partial charge in [0.15, 0.2) is 0 Å². The summed E-state index contributed by atoms with van der Waals surface area (Å²) in [5, 5.41) is 4.28. The fourth-order valence-corrected chi connectivity index (χ4v) is 0.596. The van der Waals surface area contributed by atoms with Gasteiger partial charge in [-0.2, -0.15) is 0 Å². The summed E-state index contributed by atoms with van der Waals surface area (Å²) in [5.41, 5.74) is 0. The Morgan fingerprint density at radius 3 is 1.11 bits per heavy atom. The van der Waals surface area contributed by atoms with Crippen LogP contribution in [0.15, 0.2) is 0 Å². The summed E-state index contributed by atoms with van der Waals surface area (Å²) >= 11 is 0. The Hall–Kier alpha value is 1.29.